The number of nitriles is 2. The highest BCUT2D eigenvalue weighted by Gasteiger charge is 2.47. The molecule has 5 heteroatoms. The summed E-state index contributed by atoms with van der Waals surface area (Å²) in [6.45, 7) is 2.18. The van der Waals surface area contributed by atoms with E-state index in [-0.39, 0.29) is 0 Å². The zero-order chi connectivity index (χ0) is 37.1. The number of rotatable bonds is 6. The number of fused-ring (bicyclic) bond motifs is 6. The molecule has 55 heavy (non-hydrogen) atoms. The molecule has 1 aliphatic carbocycles. The van der Waals surface area contributed by atoms with Crippen molar-refractivity contribution < 1.29 is 4.57 Å². The molecule has 1 aliphatic rings. The summed E-state index contributed by atoms with van der Waals surface area (Å²) in [5.74, 6) is 1.18. The Morgan fingerprint density at radius 1 is 0.600 bits per heavy atom. The van der Waals surface area contributed by atoms with E-state index in [0.717, 1.165) is 55.5 Å². The zero-order valence-corrected chi connectivity index (χ0v) is 30.9. The van der Waals surface area contributed by atoms with Crippen LogP contribution in [0.1, 0.15) is 45.4 Å². The number of nitrogens with one attached hydrogen (secondary N) is 1. The number of aryl methyl sites for hydroxylation is 1. The quantitative estimate of drug-likeness (QED) is 0.174. The smallest absolute Gasteiger partial charge is 0.240 e. The molecule has 0 bridgehead atoms. The van der Waals surface area contributed by atoms with Gasteiger partial charge in [0.15, 0.2) is 11.0 Å². The van der Waals surface area contributed by atoms with Crippen molar-refractivity contribution in [3.05, 3.63) is 202 Å². The van der Waals surface area contributed by atoms with Gasteiger partial charge in [-0.1, -0.05) is 128 Å². The van der Waals surface area contributed by atoms with Crippen molar-refractivity contribution in [3.8, 4) is 51.2 Å². The standard InChI is InChI=1S/C50H32N4S/c1-2-46-53-42-14-8-9-15-43(42)54(46)38-26-22-34(23-27-38)33-20-24-37(25-21-33)50(36-10-4-3-5-11-36)40-13-7-6-12-39(40)48-41(50)28-29-44-49(48)47(45(31-52)55-44)35-18-16-32(30-51)17-19-35/h3-29H,2H2,1H3/p+1. The lowest BCUT2D eigenvalue weighted by atomic mass is 9.67. The molecule has 0 saturated heterocycles. The van der Waals surface area contributed by atoms with Crippen molar-refractivity contribution in [3.63, 3.8) is 0 Å². The van der Waals surface area contributed by atoms with Crippen molar-refractivity contribution in [2.24, 2.45) is 0 Å². The zero-order valence-electron chi connectivity index (χ0n) is 30.0. The molecule has 2 heterocycles. The monoisotopic (exact) mass is 721 g/mol. The summed E-state index contributed by atoms with van der Waals surface area (Å²) in [5.41, 5.74) is 14.8. The van der Waals surface area contributed by atoms with Crippen LogP contribution in [-0.4, -0.2) is 4.98 Å². The molecule has 0 saturated carbocycles. The minimum absolute atomic E-state index is 0.594. The highest BCUT2D eigenvalue weighted by atomic mass is 32.1. The van der Waals surface area contributed by atoms with Gasteiger partial charge < -0.3 is 0 Å². The van der Waals surface area contributed by atoms with E-state index in [2.05, 4.69) is 168 Å². The van der Waals surface area contributed by atoms with E-state index in [1.165, 1.54) is 50.5 Å². The number of aromatic amines is 1. The first-order valence-corrected chi connectivity index (χ1v) is 19.3. The predicted molar refractivity (Wildman–Crippen MR) is 222 cm³/mol. The van der Waals surface area contributed by atoms with Crippen LogP contribution in [0, 0.1) is 22.7 Å². The molecule has 0 amide bonds. The van der Waals surface area contributed by atoms with Crippen LogP contribution in [0.3, 0.4) is 0 Å². The van der Waals surface area contributed by atoms with Crippen LogP contribution in [0.5, 0.6) is 0 Å². The fraction of sp³-hybridized carbons (Fsp3) is 0.0600. The first-order chi connectivity index (χ1) is 27.1. The summed E-state index contributed by atoms with van der Waals surface area (Å²) >= 11 is 1.53. The second-order valence-electron chi connectivity index (χ2n) is 14.0. The van der Waals surface area contributed by atoms with Crippen molar-refractivity contribution in [1.29, 1.82) is 10.5 Å². The Hall–Kier alpha value is -7.05. The lowest BCUT2D eigenvalue weighted by Gasteiger charge is -2.34. The summed E-state index contributed by atoms with van der Waals surface area (Å²) in [5, 5.41) is 21.0. The molecule has 0 fully saturated rings. The van der Waals surface area contributed by atoms with Crippen molar-refractivity contribution in [2.75, 3.05) is 0 Å². The molecule has 1 unspecified atom stereocenters. The van der Waals surface area contributed by atoms with E-state index in [9.17, 15) is 10.5 Å². The molecule has 9 aromatic rings. The summed E-state index contributed by atoms with van der Waals surface area (Å²) < 4.78 is 3.39. The highest BCUT2D eigenvalue weighted by Crippen LogP contribution is 2.59. The summed E-state index contributed by atoms with van der Waals surface area (Å²) in [6.07, 6.45) is 0.904. The van der Waals surface area contributed by atoms with E-state index in [4.69, 9.17) is 0 Å². The Kier molecular flexibility index (Phi) is 7.59. The Labute approximate surface area is 323 Å². The molecular formula is C50H33N4S+. The number of nitrogens with zero attached hydrogens (tertiary/aromatic N) is 3. The highest BCUT2D eigenvalue weighted by molar-refractivity contribution is 7.20. The van der Waals surface area contributed by atoms with Gasteiger partial charge in [-0.15, -0.1) is 11.3 Å². The number of para-hydroxylation sites is 2. The number of hydrogen-bond donors (Lipinski definition) is 1. The van der Waals surface area contributed by atoms with Gasteiger partial charge in [0.1, 0.15) is 16.6 Å². The Morgan fingerprint density at radius 3 is 1.98 bits per heavy atom. The lowest BCUT2D eigenvalue weighted by molar-refractivity contribution is -0.576. The summed E-state index contributed by atoms with van der Waals surface area (Å²) in [4.78, 5) is 4.26. The molecule has 7 aromatic carbocycles. The van der Waals surface area contributed by atoms with Gasteiger partial charge in [-0.25, -0.2) is 4.98 Å². The van der Waals surface area contributed by atoms with Crippen LogP contribution in [0.2, 0.25) is 0 Å². The molecule has 258 valence electrons. The number of benzene rings is 7. The molecule has 4 nitrogen and oxygen atoms in total. The maximum Gasteiger partial charge on any atom is 0.260 e. The van der Waals surface area contributed by atoms with Gasteiger partial charge in [-0.3, -0.25) is 0 Å². The SMILES string of the molecule is CCc1[nH]c2ccccc2[n+]1-c1ccc(-c2ccc(C3(c4ccccc4)c4ccccc4-c4c3ccc3sc(C#N)c(-c5ccc(C#N)cc5)c43)cc2)cc1. The third-order valence-electron chi connectivity index (χ3n) is 11.3. The van der Waals surface area contributed by atoms with Gasteiger partial charge in [0.05, 0.1) is 17.0 Å². The Balaban J connectivity index is 1.15. The second-order valence-corrected chi connectivity index (χ2v) is 15.1. The Bertz CT molecular complexity index is 3010. The van der Waals surface area contributed by atoms with Crippen molar-refractivity contribution in [2.45, 2.75) is 18.8 Å². The summed E-state index contributed by atoms with van der Waals surface area (Å²) in [6, 6.07) is 62.8. The lowest BCUT2D eigenvalue weighted by Crippen LogP contribution is -2.33. The van der Waals surface area contributed by atoms with Crippen molar-refractivity contribution >= 4 is 32.5 Å². The van der Waals surface area contributed by atoms with Crippen molar-refractivity contribution in [1.82, 2.24) is 4.98 Å². The molecule has 0 spiro atoms. The van der Waals surface area contributed by atoms with E-state index in [1.807, 2.05) is 24.3 Å². The van der Waals surface area contributed by atoms with E-state index in [1.54, 1.807) is 0 Å². The average molecular weight is 722 g/mol. The molecule has 10 rings (SSSR count). The van der Waals surface area contributed by atoms with Gasteiger partial charge >= 0.3 is 0 Å². The number of thiophene rings is 1. The van der Waals surface area contributed by atoms with Gasteiger partial charge in [-0.05, 0) is 92.5 Å². The van der Waals surface area contributed by atoms with Crippen LogP contribution < -0.4 is 4.57 Å². The number of imidazole rings is 1. The number of H-pyrrole nitrogens is 1. The number of aromatic nitrogens is 2. The fourth-order valence-electron chi connectivity index (χ4n) is 8.89. The van der Waals surface area contributed by atoms with Crippen LogP contribution in [0.25, 0.3) is 60.2 Å². The largest absolute Gasteiger partial charge is 0.260 e. The molecule has 1 atom stereocenters. The van der Waals surface area contributed by atoms with Crippen LogP contribution in [0.4, 0.5) is 0 Å². The first-order valence-electron chi connectivity index (χ1n) is 18.5. The topological polar surface area (TPSA) is 67.2 Å². The van der Waals surface area contributed by atoms with Gasteiger partial charge in [0.2, 0.25) is 0 Å². The molecule has 0 radical (unpaired) electrons. The average Bonchev–Trinajstić information content (AvgIpc) is 3.92. The molecule has 1 N–H and O–H groups in total. The third kappa shape index (κ3) is 4.84. The van der Waals surface area contributed by atoms with E-state index >= 15 is 0 Å². The minimum Gasteiger partial charge on any atom is -0.240 e. The van der Waals surface area contributed by atoms with E-state index < -0.39 is 5.41 Å². The van der Waals surface area contributed by atoms with Gasteiger partial charge in [-0.2, -0.15) is 15.1 Å². The van der Waals surface area contributed by atoms with Gasteiger partial charge in [0.25, 0.3) is 5.82 Å². The molecular weight excluding hydrogens is 689 g/mol. The second kappa shape index (κ2) is 12.8. The Morgan fingerprint density at radius 2 is 1.25 bits per heavy atom. The van der Waals surface area contributed by atoms with Gasteiger partial charge in [0, 0.05) is 22.1 Å². The van der Waals surface area contributed by atoms with Crippen LogP contribution in [-0.2, 0) is 11.8 Å². The normalized spacial score (nSPS) is 14.4. The maximum absolute atomic E-state index is 10.4. The molecule has 0 aliphatic heterocycles. The number of hydrogen-bond acceptors (Lipinski definition) is 3. The predicted octanol–water partition coefficient (Wildman–Crippen LogP) is 11.7. The molecule has 2 aromatic heterocycles. The van der Waals surface area contributed by atoms with E-state index in [0.29, 0.717) is 10.4 Å². The van der Waals surface area contributed by atoms with Crippen LogP contribution >= 0.6 is 11.3 Å². The minimum atomic E-state index is -0.594. The third-order valence-corrected chi connectivity index (χ3v) is 12.3. The summed E-state index contributed by atoms with van der Waals surface area (Å²) in [7, 11) is 0. The maximum atomic E-state index is 10.4. The first kappa shape index (κ1) is 32.6. The fourth-order valence-corrected chi connectivity index (χ4v) is 9.92. The van der Waals surface area contributed by atoms with Crippen LogP contribution in [0.15, 0.2) is 164 Å².